The number of halogens is 3. The Morgan fingerprint density at radius 2 is 1.83 bits per heavy atom. The maximum Gasteiger partial charge on any atom is 0.418 e. The molecule has 4 aromatic heterocycles. The van der Waals surface area contributed by atoms with Crippen molar-refractivity contribution in [2.45, 2.75) is 43.9 Å². The Labute approximate surface area is 267 Å². The first-order valence-electron chi connectivity index (χ1n) is 15.1. The van der Waals surface area contributed by atoms with Crippen molar-refractivity contribution in [1.82, 2.24) is 39.4 Å². The molecule has 2 fully saturated rings. The van der Waals surface area contributed by atoms with Crippen molar-refractivity contribution >= 4 is 5.82 Å². The molecule has 0 atom stereocenters. The number of hydrogen-bond acceptors (Lipinski definition) is 9. The summed E-state index contributed by atoms with van der Waals surface area (Å²) in [6.07, 6.45) is 2.73. The third kappa shape index (κ3) is 6.03. The molecule has 236 valence electrons. The van der Waals surface area contributed by atoms with Crippen molar-refractivity contribution in [2.24, 2.45) is 7.05 Å². The van der Waals surface area contributed by atoms with E-state index in [0.717, 1.165) is 38.4 Å². The Morgan fingerprint density at radius 1 is 1.00 bits per heavy atom. The SMILES string of the molecule is Cn1cnnc1-c1ccc(C#N)cc1-c1cc(NC2(CC#N)CC2)nc(-n2cc(-c3nc(CN4CCC4)ccc3C(F)(F)F)cn2)c1. The van der Waals surface area contributed by atoms with Gasteiger partial charge in [0.05, 0.1) is 52.8 Å². The van der Waals surface area contributed by atoms with Gasteiger partial charge in [0, 0.05) is 30.9 Å². The van der Waals surface area contributed by atoms with Crippen LogP contribution in [0.2, 0.25) is 0 Å². The summed E-state index contributed by atoms with van der Waals surface area (Å²) in [6, 6.07) is 15.7. The van der Waals surface area contributed by atoms with Gasteiger partial charge < -0.3 is 9.88 Å². The van der Waals surface area contributed by atoms with Gasteiger partial charge in [-0.15, -0.1) is 10.2 Å². The van der Waals surface area contributed by atoms with Gasteiger partial charge in [0.2, 0.25) is 0 Å². The van der Waals surface area contributed by atoms with Gasteiger partial charge in [-0.3, -0.25) is 9.88 Å². The molecule has 7 rings (SSSR count). The number of anilines is 1. The molecule has 1 aliphatic heterocycles. The van der Waals surface area contributed by atoms with E-state index >= 15 is 0 Å². The van der Waals surface area contributed by atoms with Gasteiger partial charge in [-0.2, -0.15) is 28.8 Å². The van der Waals surface area contributed by atoms with Crippen LogP contribution in [0.4, 0.5) is 19.0 Å². The Bertz CT molecular complexity index is 2060. The molecule has 5 heterocycles. The molecule has 14 heteroatoms. The monoisotopic (exact) mass is 635 g/mol. The van der Waals surface area contributed by atoms with Crippen molar-refractivity contribution in [3.8, 4) is 51.7 Å². The van der Waals surface area contributed by atoms with Crippen LogP contribution < -0.4 is 5.32 Å². The van der Waals surface area contributed by atoms with Gasteiger partial charge >= 0.3 is 6.18 Å². The van der Waals surface area contributed by atoms with Gasteiger partial charge in [-0.1, -0.05) is 0 Å². The first kappa shape index (κ1) is 30.1. The van der Waals surface area contributed by atoms with Crippen LogP contribution >= 0.6 is 0 Å². The van der Waals surface area contributed by atoms with Crippen LogP contribution in [-0.2, 0) is 19.8 Å². The quantitative estimate of drug-likeness (QED) is 0.215. The number of rotatable bonds is 9. The van der Waals surface area contributed by atoms with E-state index in [1.807, 2.05) is 13.1 Å². The number of benzene rings is 1. The third-order valence-corrected chi connectivity index (χ3v) is 8.57. The second-order valence-corrected chi connectivity index (χ2v) is 12.0. The average Bonchev–Trinajstić information content (AvgIpc) is 3.39. The summed E-state index contributed by atoms with van der Waals surface area (Å²) in [5.41, 5.74) is 1.74. The maximum absolute atomic E-state index is 14.1. The fourth-order valence-electron chi connectivity index (χ4n) is 5.72. The van der Waals surface area contributed by atoms with Crippen molar-refractivity contribution in [3.63, 3.8) is 0 Å². The Balaban J connectivity index is 1.35. The normalized spacial score (nSPS) is 15.4. The number of alkyl halides is 3. The van der Waals surface area contributed by atoms with E-state index in [2.05, 4.69) is 42.6 Å². The summed E-state index contributed by atoms with van der Waals surface area (Å²) in [4.78, 5) is 11.3. The summed E-state index contributed by atoms with van der Waals surface area (Å²) in [5.74, 6) is 1.35. The lowest BCUT2D eigenvalue weighted by Crippen LogP contribution is -2.36. The molecule has 11 nitrogen and oxygen atoms in total. The fraction of sp³-hybridized carbons (Fsp3) is 0.303. The van der Waals surface area contributed by atoms with Crippen molar-refractivity contribution in [2.75, 3.05) is 18.4 Å². The Kier molecular flexibility index (Phi) is 7.45. The molecular formula is C33H28F3N11. The first-order valence-corrected chi connectivity index (χ1v) is 15.1. The van der Waals surface area contributed by atoms with E-state index in [1.54, 1.807) is 35.2 Å². The number of hydrogen-bond donors (Lipinski definition) is 1. The highest BCUT2D eigenvalue weighted by atomic mass is 19.4. The molecule has 1 aromatic carbocycles. The van der Waals surface area contributed by atoms with Crippen LogP contribution in [0.15, 0.2) is 61.2 Å². The largest absolute Gasteiger partial charge is 0.418 e. The first-order chi connectivity index (χ1) is 22.6. The molecule has 0 amide bonds. The van der Waals surface area contributed by atoms with Gasteiger partial charge in [-0.25, -0.2) is 9.67 Å². The molecule has 0 bridgehead atoms. The summed E-state index contributed by atoms with van der Waals surface area (Å²) >= 11 is 0. The van der Waals surface area contributed by atoms with Gasteiger partial charge in [0.15, 0.2) is 11.6 Å². The molecule has 1 N–H and O–H groups in total. The minimum absolute atomic E-state index is 0.193. The standard InChI is InChI=1S/C33H28F3N11/c1-45-20-39-44-31(45)25-5-3-21(16-38)13-26(25)22-14-28(43-32(7-8-32)9-10-37)42-29(15-22)47-18-23(17-40-47)30-27(33(34,35)36)6-4-24(41-30)19-46-11-2-12-46/h3-6,13-15,17-18,20H,2,7-9,11-12,19H2,1H3,(H,42,43). The number of likely N-dealkylation sites (tertiary alicyclic amines) is 1. The summed E-state index contributed by atoms with van der Waals surface area (Å²) in [7, 11) is 1.81. The maximum atomic E-state index is 14.1. The zero-order chi connectivity index (χ0) is 32.8. The van der Waals surface area contributed by atoms with Crippen LogP contribution in [0, 0.1) is 22.7 Å². The topological polar surface area (TPSA) is 137 Å². The minimum atomic E-state index is -4.61. The average molecular weight is 636 g/mol. The molecule has 5 aromatic rings. The third-order valence-electron chi connectivity index (χ3n) is 8.57. The number of aryl methyl sites for hydroxylation is 1. The van der Waals surface area contributed by atoms with E-state index in [0.29, 0.717) is 52.0 Å². The molecule has 1 aliphatic carbocycles. The highest BCUT2D eigenvalue weighted by Gasteiger charge is 2.43. The number of nitriles is 2. The number of nitrogens with zero attached hydrogens (tertiary/aromatic N) is 10. The van der Waals surface area contributed by atoms with Crippen molar-refractivity contribution in [3.05, 3.63) is 78.0 Å². The van der Waals surface area contributed by atoms with Gasteiger partial charge in [0.1, 0.15) is 12.1 Å². The minimum Gasteiger partial charge on any atom is -0.364 e. The smallest absolute Gasteiger partial charge is 0.364 e. The molecule has 0 radical (unpaired) electrons. The highest BCUT2D eigenvalue weighted by Crippen LogP contribution is 2.43. The van der Waals surface area contributed by atoms with Crippen molar-refractivity contribution in [1.29, 1.82) is 10.5 Å². The predicted molar refractivity (Wildman–Crippen MR) is 165 cm³/mol. The molecule has 0 unspecified atom stereocenters. The molecule has 47 heavy (non-hydrogen) atoms. The van der Waals surface area contributed by atoms with E-state index < -0.39 is 17.3 Å². The molecular weight excluding hydrogens is 607 g/mol. The second kappa shape index (κ2) is 11.6. The molecule has 0 spiro atoms. The predicted octanol–water partition coefficient (Wildman–Crippen LogP) is 5.75. The highest BCUT2D eigenvalue weighted by molar-refractivity contribution is 5.83. The van der Waals surface area contributed by atoms with Gasteiger partial charge in [0.25, 0.3) is 0 Å². The zero-order valence-electron chi connectivity index (χ0n) is 25.3. The number of nitrogens with one attached hydrogen (secondary N) is 1. The summed E-state index contributed by atoms with van der Waals surface area (Å²) in [6.45, 7) is 2.25. The Morgan fingerprint density at radius 3 is 2.49 bits per heavy atom. The lowest BCUT2D eigenvalue weighted by Gasteiger charge is -2.30. The fourth-order valence-corrected chi connectivity index (χ4v) is 5.72. The Hall–Kier alpha value is -5.60. The van der Waals surface area contributed by atoms with Gasteiger partial charge in [-0.05, 0) is 85.9 Å². The lowest BCUT2D eigenvalue weighted by atomic mass is 9.97. The molecule has 2 aliphatic rings. The van der Waals surface area contributed by atoms with Crippen LogP contribution in [0.3, 0.4) is 0 Å². The van der Waals surface area contributed by atoms with Crippen LogP contribution in [-0.4, -0.2) is 58.0 Å². The van der Waals surface area contributed by atoms with Crippen LogP contribution in [0.25, 0.3) is 39.6 Å². The zero-order valence-corrected chi connectivity index (χ0v) is 25.3. The van der Waals surface area contributed by atoms with Crippen LogP contribution in [0.1, 0.15) is 42.5 Å². The summed E-state index contributed by atoms with van der Waals surface area (Å²) in [5, 5.41) is 35.3. The number of aromatic nitrogens is 7. The van der Waals surface area contributed by atoms with E-state index in [4.69, 9.17) is 4.98 Å². The second-order valence-electron chi connectivity index (χ2n) is 12.0. The summed E-state index contributed by atoms with van der Waals surface area (Å²) < 4.78 is 45.6. The van der Waals surface area contributed by atoms with E-state index in [-0.39, 0.29) is 17.7 Å². The lowest BCUT2D eigenvalue weighted by molar-refractivity contribution is -0.137. The molecule has 1 saturated heterocycles. The number of pyridine rings is 2. The van der Waals surface area contributed by atoms with E-state index in [1.165, 1.54) is 23.1 Å². The molecule has 1 saturated carbocycles. The van der Waals surface area contributed by atoms with E-state index in [9.17, 15) is 23.7 Å². The van der Waals surface area contributed by atoms with Crippen molar-refractivity contribution < 1.29 is 13.2 Å². The van der Waals surface area contributed by atoms with Crippen LogP contribution in [0.5, 0.6) is 0 Å².